The van der Waals surface area contributed by atoms with Crippen molar-refractivity contribution < 1.29 is 14.6 Å². The SMILES string of the molecule is CCOc1cc2ncnc(N[C@H](CO)c3ccccc3)c2cc1NC(=O)/C=C/CN(C)C. The Morgan fingerprint density at radius 2 is 2.00 bits per heavy atom. The first-order valence-electron chi connectivity index (χ1n) is 10.5. The summed E-state index contributed by atoms with van der Waals surface area (Å²) in [4.78, 5) is 23.1. The van der Waals surface area contributed by atoms with E-state index in [4.69, 9.17) is 4.74 Å². The summed E-state index contributed by atoms with van der Waals surface area (Å²) >= 11 is 0. The average molecular weight is 436 g/mol. The van der Waals surface area contributed by atoms with E-state index in [-0.39, 0.29) is 18.6 Å². The predicted molar refractivity (Wildman–Crippen MR) is 127 cm³/mol. The van der Waals surface area contributed by atoms with Crippen LogP contribution in [0.1, 0.15) is 18.5 Å². The molecular formula is C24H29N5O3. The molecule has 1 aromatic heterocycles. The highest BCUT2D eigenvalue weighted by Gasteiger charge is 2.16. The van der Waals surface area contributed by atoms with Gasteiger partial charge in [-0.15, -0.1) is 0 Å². The predicted octanol–water partition coefficient (Wildman–Crippen LogP) is 3.23. The van der Waals surface area contributed by atoms with Crippen molar-refractivity contribution in [1.82, 2.24) is 14.9 Å². The zero-order valence-corrected chi connectivity index (χ0v) is 18.6. The van der Waals surface area contributed by atoms with Gasteiger partial charge in [0.2, 0.25) is 5.91 Å². The molecule has 2 aromatic carbocycles. The minimum absolute atomic E-state index is 0.104. The van der Waals surface area contributed by atoms with Gasteiger partial charge in [0.05, 0.1) is 30.5 Å². The number of carbonyl (C=O) groups is 1. The maximum atomic E-state index is 12.4. The second-order valence-electron chi connectivity index (χ2n) is 7.46. The third kappa shape index (κ3) is 6.03. The summed E-state index contributed by atoms with van der Waals surface area (Å²) < 4.78 is 5.73. The first kappa shape index (κ1) is 23.2. The Morgan fingerprint density at radius 1 is 1.22 bits per heavy atom. The number of nitrogens with zero attached hydrogens (tertiary/aromatic N) is 3. The number of aliphatic hydroxyl groups excluding tert-OH is 1. The minimum atomic E-state index is -0.340. The lowest BCUT2D eigenvalue weighted by Crippen LogP contribution is -2.16. The highest BCUT2D eigenvalue weighted by atomic mass is 16.5. The third-order valence-electron chi connectivity index (χ3n) is 4.73. The molecule has 3 rings (SSSR count). The first-order chi connectivity index (χ1) is 15.5. The number of fused-ring (bicyclic) bond motifs is 1. The molecule has 3 aromatic rings. The number of hydrogen-bond acceptors (Lipinski definition) is 7. The lowest BCUT2D eigenvalue weighted by Gasteiger charge is -2.19. The van der Waals surface area contributed by atoms with Gasteiger partial charge in [-0.2, -0.15) is 0 Å². The van der Waals surface area contributed by atoms with E-state index in [0.717, 1.165) is 5.56 Å². The maximum absolute atomic E-state index is 12.4. The number of aromatic nitrogens is 2. The van der Waals surface area contributed by atoms with Gasteiger partial charge in [0.15, 0.2) is 0 Å². The lowest BCUT2D eigenvalue weighted by molar-refractivity contribution is -0.111. The Kier molecular flexibility index (Phi) is 8.13. The van der Waals surface area contributed by atoms with E-state index in [1.54, 1.807) is 18.2 Å². The van der Waals surface area contributed by atoms with E-state index in [9.17, 15) is 9.90 Å². The molecule has 0 spiro atoms. The third-order valence-corrected chi connectivity index (χ3v) is 4.73. The van der Waals surface area contributed by atoms with E-state index < -0.39 is 0 Å². The van der Waals surface area contributed by atoms with Gasteiger partial charge in [-0.3, -0.25) is 4.79 Å². The van der Waals surface area contributed by atoms with Crippen molar-refractivity contribution in [2.24, 2.45) is 0 Å². The van der Waals surface area contributed by atoms with Gasteiger partial charge in [-0.25, -0.2) is 9.97 Å². The summed E-state index contributed by atoms with van der Waals surface area (Å²) in [5.74, 6) is 0.830. The van der Waals surface area contributed by atoms with E-state index in [1.165, 1.54) is 12.4 Å². The first-order valence-corrected chi connectivity index (χ1v) is 10.5. The van der Waals surface area contributed by atoms with Crippen molar-refractivity contribution in [2.45, 2.75) is 13.0 Å². The second-order valence-corrected chi connectivity index (χ2v) is 7.46. The zero-order valence-electron chi connectivity index (χ0n) is 18.6. The van der Waals surface area contributed by atoms with Crippen LogP contribution in [0.5, 0.6) is 5.75 Å². The molecule has 0 unspecified atom stereocenters. The van der Waals surface area contributed by atoms with Gasteiger partial charge in [-0.05, 0) is 32.6 Å². The highest BCUT2D eigenvalue weighted by molar-refractivity contribution is 6.03. The molecule has 0 saturated heterocycles. The van der Waals surface area contributed by atoms with Crippen molar-refractivity contribution in [3.63, 3.8) is 0 Å². The summed E-state index contributed by atoms with van der Waals surface area (Å²) in [6, 6.07) is 12.9. The molecule has 0 bridgehead atoms. The number of carbonyl (C=O) groups excluding carboxylic acids is 1. The second kappa shape index (κ2) is 11.2. The van der Waals surface area contributed by atoms with E-state index in [0.29, 0.717) is 41.3 Å². The number of aliphatic hydroxyl groups is 1. The van der Waals surface area contributed by atoms with Crippen LogP contribution in [-0.4, -0.2) is 59.7 Å². The van der Waals surface area contributed by atoms with Gasteiger partial charge >= 0.3 is 0 Å². The van der Waals surface area contributed by atoms with Crippen molar-refractivity contribution in [2.75, 3.05) is 44.5 Å². The number of rotatable bonds is 10. The largest absolute Gasteiger partial charge is 0.492 e. The molecule has 0 aliphatic heterocycles. The molecule has 1 atom stereocenters. The summed E-state index contributed by atoms with van der Waals surface area (Å²) in [5, 5.41) is 16.8. The van der Waals surface area contributed by atoms with Crippen molar-refractivity contribution in [3.8, 4) is 5.75 Å². The average Bonchev–Trinajstić information content (AvgIpc) is 2.78. The quantitative estimate of drug-likeness (QED) is 0.421. The standard InChI is InChI=1S/C24H29N5O3/c1-4-32-22-14-19-18(13-20(22)27-23(31)11-8-12-29(2)3)24(26-16-25-19)28-21(15-30)17-9-6-5-7-10-17/h5-11,13-14,16,21,30H,4,12,15H2,1-3H3,(H,27,31)(H,25,26,28)/b11-8+/t21-/m1/s1. The fraction of sp³-hybridized carbons (Fsp3) is 0.292. The van der Waals surface area contributed by atoms with Gasteiger partial charge < -0.3 is 25.4 Å². The minimum Gasteiger partial charge on any atom is -0.492 e. The molecule has 8 nitrogen and oxygen atoms in total. The normalized spacial score (nSPS) is 12.3. The number of likely N-dealkylation sites (N-methyl/N-ethyl adjacent to an activating group) is 1. The molecule has 0 saturated carbocycles. The van der Waals surface area contributed by atoms with E-state index in [1.807, 2.05) is 56.3 Å². The molecule has 0 aliphatic carbocycles. The molecule has 0 fully saturated rings. The summed E-state index contributed by atoms with van der Waals surface area (Å²) in [6.45, 7) is 2.88. The molecule has 32 heavy (non-hydrogen) atoms. The van der Waals surface area contributed by atoms with Crippen LogP contribution in [0.4, 0.5) is 11.5 Å². The number of nitrogens with one attached hydrogen (secondary N) is 2. The summed E-state index contributed by atoms with van der Waals surface area (Å²) in [7, 11) is 3.87. The molecule has 0 radical (unpaired) electrons. The number of anilines is 2. The molecule has 1 amide bonds. The smallest absolute Gasteiger partial charge is 0.248 e. The Morgan fingerprint density at radius 3 is 2.69 bits per heavy atom. The Balaban J connectivity index is 1.94. The van der Waals surface area contributed by atoms with Crippen LogP contribution >= 0.6 is 0 Å². The number of ether oxygens (including phenoxy) is 1. The van der Waals surface area contributed by atoms with Gasteiger partial charge in [0.1, 0.15) is 17.9 Å². The van der Waals surface area contributed by atoms with E-state index >= 15 is 0 Å². The lowest BCUT2D eigenvalue weighted by atomic mass is 10.1. The summed E-state index contributed by atoms with van der Waals surface area (Å²) in [6.07, 6.45) is 4.75. The van der Waals surface area contributed by atoms with Crippen LogP contribution in [0, 0.1) is 0 Å². The van der Waals surface area contributed by atoms with Crippen LogP contribution in [-0.2, 0) is 4.79 Å². The van der Waals surface area contributed by atoms with Crippen molar-refractivity contribution in [3.05, 3.63) is 66.5 Å². The van der Waals surface area contributed by atoms with Crippen LogP contribution in [0.3, 0.4) is 0 Å². The topological polar surface area (TPSA) is 99.6 Å². The fourth-order valence-corrected chi connectivity index (χ4v) is 3.20. The van der Waals surface area contributed by atoms with Gasteiger partial charge in [0.25, 0.3) is 0 Å². The van der Waals surface area contributed by atoms with Crippen LogP contribution in [0.15, 0.2) is 60.9 Å². The van der Waals surface area contributed by atoms with Gasteiger partial charge in [0, 0.05) is 24.1 Å². The number of amides is 1. The Bertz CT molecular complexity index is 1070. The number of benzene rings is 2. The van der Waals surface area contributed by atoms with Crippen molar-refractivity contribution >= 4 is 28.3 Å². The zero-order chi connectivity index (χ0) is 22.9. The van der Waals surface area contributed by atoms with Crippen LogP contribution in [0.2, 0.25) is 0 Å². The summed E-state index contributed by atoms with van der Waals surface area (Å²) in [5.41, 5.74) is 2.13. The number of hydrogen-bond donors (Lipinski definition) is 3. The highest BCUT2D eigenvalue weighted by Crippen LogP contribution is 2.33. The van der Waals surface area contributed by atoms with E-state index in [2.05, 4.69) is 20.6 Å². The molecule has 168 valence electrons. The Hall–Kier alpha value is -3.49. The monoisotopic (exact) mass is 435 g/mol. The fourth-order valence-electron chi connectivity index (χ4n) is 3.20. The molecule has 3 N–H and O–H groups in total. The van der Waals surface area contributed by atoms with Gasteiger partial charge in [-0.1, -0.05) is 36.4 Å². The van der Waals surface area contributed by atoms with Crippen molar-refractivity contribution in [1.29, 1.82) is 0 Å². The molecular weight excluding hydrogens is 406 g/mol. The van der Waals surface area contributed by atoms with Crippen LogP contribution < -0.4 is 15.4 Å². The molecule has 0 aliphatic rings. The van der Waals surface area contributed by atoms with Crippen LogP contribution in [0.25, 0.3) is 10.9 Å². The molecule has 1 heterocycles. The molecule has 8 heteroatoms. The Labute approximate surface area is 187 Å². The maximum Gasteiger partial charge on any atom is 0.248 e.